The second-order valence-electron chi connectivity index (χ2n) is 5.68. The second-order valence-corrected chi connectivity index (χ2v) is 5.68. The fourth-order valence-electron chi connectivity index (χ4n) is 2.89. The van der Waals surface area contributed by atoms with Gasteiger partial charge >= 0.3 is 0 Å². The van der Waals surface area contributed by atoms with Gasteiger partial charge in [0, 0.05) is 24.5 Å². The van der Waals surface area contributed by atoms with Crippen molar-refractivity contribution >= 4 is 5.91 Å². The number of aromatic amines is 1. The molecule has 6 heteroatoms. The van der Waals surface area contributed by atoms with E-state index in [0.29, 0.717) is 5.56 Å². The lowest BCUT2D eigenvalue weighted by Gasteiger charge is -2.22. The summed E-state index contributed by atoms with van der Waals surface area (Å²) in [4.78, 5) is 12.4. The van der Waals surface area contributed by atoms with E-state index in [1.165, 1.54) is 11.3 Å². The molecule has 1 aliphatic carbocycles. The molecule has 112 valence electrons. The molecule has 3 rings (SSSR count). The molecular formula is C15H21N5O. The number of nitrogens with zero attached hydrogens (tertiary/aromatic N) is 3. The van der Waals surface area contributed by atoms with Crippen molar-refractivity contribution in [1.82, 2.24) is 25.3 Å². The van der Waals surface area contributed by atoms with Crippen molar-refractivity contribution in [3.63, 3.8) is 0 Å². The Hall–Kier alpha value is -2.11. The van der Waals surface area contributed by atoms with Crippen molar-refractivity contribution in [2.24, 2.45) is 0 Å². The zero-order valence-corrected chi connectivity index (χ0v) is 12.5. The summed E-state index contributed by atoms with van der Waals surface area (Å²) < 4.78 is 1.85. The Balaban J connectivity index is 1.67. The van der Waals surface area contributed by atoms with Gasteiger partial charge in [-0.3, -0.25) is 14.6 Å². The summed E-state index contributed by atoms with van der Waals surface area (Å²) >= 11 is 0. The SMILES string of the molecule is CCCn1cc(C(=O)N[C@H]2CCc3[nH]ncc3C2)c(C)n1. The van der Waals surface area contributed by atoms with Crippen molar-refractivity contribution in [2.45, 2.75) is 52.1 Å². The number of aryl methyl sites for hydroxylation is 3. The highest BCUT2D eigenvalue weighted by Gasteiger charge is 2.23. The van der Waals surface area contributed by atoms with E-state index in [4.69, 9.17) is 0 Å². The summed E-state index contributed by atoms with van der Waals surface area (Å²) in [6, 6.07) is 0.177. The van der Waals surface area contributed by atoms with Gasteiger partial charge in [0.25, 0.3) is 5.91 Å². The van der Waals surface area contributed by atoms with Crippen molar-refractivity contribution < 1.29 is 4.79 Å². The van der Waals surface area contributed by atoms with Gasteiger partial charge < -0.3 is 5.32 Å². The lowest BCUT2D eigenvalue weighted by molar-refractivity contribution is 0.0933. The molecule has 2 N–H and O–H groups in total. The van der Waals surface area contributed by atoms with Crippen LogP contribution in [0.5, 0.6) is 0 Å². The van der Waals surface area contributed by atoms with Crippen LogP contribution in [0.3, 0.4) is 0 Å². The van der Waals surface area contributed by atoms with Crippen LogP contribution >= 0.6 is 0 Å². The zero-order chi connectivity index (χ0) is 14.8. The van der Waals surface area contributed by atoms with Crippen LogP contribution in [0.1, 0.15) is 47.1 Å². The molecule has 0 spiro atoms. The largest absolute Gasteiger partial charge is 0.349 e. The molecule has 0 saturated heterocycles. The minimum Gasteiger partial charge on any atom is -0.349 e. The number of nitrogens with one attached hydrogen (secondary N) is 2. The van der Waals surface area contributed by atoms with Crippen LogP contribution in [0, 0.1) is 6.92 Å². The number of amides is 1. The van der Waals surface area contributed by atoms with Gasteiger partial charge in [0.15, 0.2) is 0 Å². The van der Waals surface area contributed by atoms with Gasteiger partial charge in [0.05, 0.1) is 17.5 Å². The zero-order valence-electron chi connectivity index (χ0n) is 12.5. The number of carbonyl (C=O) groups is 1. The first-order valence-corrected chi connectivity index (χ1v) is 7.53. The number of carbonyl (C=O) groups excluding carboxylic acids is 1. The van der Waals surface area contributed by atoms with E-state index in [1.807, 2.05) is 24.0 Å². The Morgan fingerprint density at radius 1 is 1.57 bits per heavy atom. The third kappa shape index (κ3) is 2.84. The van der Waals surface area contributed by atoms with Crippen LogP contribution < -0.4 is 5.32 Å². The fourth-order valence-corrected chi connectivity index (χ4v) is 2.89. The molecule has 0 bridgehead atoms. The predicted octanol–water partition coefficient (Wildman–Crippen LogP) is 1.61. The summed E-state index contributed by atoms with van der Waals surface area (Å²) in [5.74, 6) is -0.0215. The van der Waals surface area contributed by atoms with Gasteiger partial charge in [-0.2, -0.15) is 10.2 Å². The fraction of sp³-hybridized carbons (Fsp3) is 0.533. The molecule has 0 saturated carbocycles. The van der Waals surface area contributed by atoms with E-state index in [0.717, 1.165) is 37.9 Å². The Morgan fingerprint density at radius 3 is 3.24 bits per heavy atom. The first-order chi connectivity index (χ1) is 10.2. The molecule has 21 heavy (non-hydrogen) atoms. The molecule has 0 unspecified atom stereocenters. The summed E-state index contributed by atoms with van der Waals surface area (Å²) in [7, 11) is 0. The third-order valence-corrected chi connectivity index (χ3v) is 4.00. The maximum Gasteiger partial charge on any atom is 0.254 e. The van der Waals surface area contributed by atoms with Crippen molar-refractivity contribution in [1.29, 1.82) is 0 Å². The average Bonchev–Trinajstić information content (AvgIpc) is 3.05. The van der Waals surface area contributed by atoms with Crippen LogP contribution in [-0.2, 0) is 19.4 Å². The standard InChI is InChI=1S/C15H21N5O/c1-3-6-20-9-13(10(2)19-20)15(21)17-12-4-5-14-11(7-12)8-16-18-14/h8-9,12H,3-7H2,1-2H3,(H,16,18)(H,17,21)/t12-/m0/s1. The van der Waals surface area contributed by atoms with E-state index >= 15 is 0 Å². The predicted molar refractivity (Wildman–Crippen MR) is 79.1 cm³/mol. The lowest BCUT2D eigenvalue weighted by atomic mass is 9.93. The molecule has 6 nitrogen and oxygen atoms in total. The molecule has 0 aliphatic heterocycles. The maximum atomic E-state index is 12.4. The van der Waals surface area contributed by atoms with Gasteiger partial charge in [0.1, 0.15) is 0 Å². The summed E-state index contributed by atoms with van der Waals surface area (Å²) in [6.07, 6.45) is 7.45. The molecule has 2 aromatic heterocycles. The number of fused-ring (bicyclic) bond motifs is 1. The average molecular weight is 287 g/mol. The van der Waals surface area contributed by atoms with E-state index in [2.05, 4.69) is 27.5 Å². The van der Waals surface area contributed by atoms with Crippen molar-refractivity contribution in [3.8, 4) is 0 Å². The molecular weight excluding hydrogens is 266 g/mol. The maximum absolute atomic E-state index is 12.4. The first kappa shape index (κ1) is 13.9. The summed E-state index contributed by atoms with van der Waals surface area (Å²) in [5, 5.41) is 14.6. The highest BCUT2D eigenvalue weighted by Crippen LogP contribution is 2.19. The topological polar surface area (TPSA) is 75.6 Å². The lowest BCUT2D eigenvalue weighted by Crippen LogP contribution is -2.38. The van der Waals surface area contributed by atoms with Gasteiger partial charge in [-0.1, -0.05) is 6.92 Å². The molecule has 2 aromatic rings. The highest BCUT2D eigenvalue weighted by atomic mass is 16.1. The van der Waals surface area contributed by atoms with E-state index in [-0.39, 0.29) is 11.9 Å². The monoisotopic (exact) mass is 287 g/mol. The third-order valence-electron chi connectivity index (χ3n) is 4.00. The number of H-pyrrole nitrogens is 1. The molecule has 0 fully saturated rings. The highest BCUT2D eigenvalue weighted by molar-refractivity contribution is 5.95. The molecule has 1 aliphatic rings. The molecule has 1 atom stereocenters. The van der Waals surface area contributed by atoms with Gasteiger partial charge in [-0.05, 0) is 38.2 Å². The summed E-state index contributed by atoms with van der Waals surface area (Å²) in [6.45, 7) is 4.83. The van der Waals surface area contributed by atoms with E-state index in [9.17, 15) is 4.79 Å². The van der Waals surface area contributed by atoms with Crippen LogP contribution in [0.15, 0.2) is 12.4 Å². The first-order valence-electron chi connectivity index (χ1n) is 7.53. The Morgan fingerprint density at radius 2 is 2.43 bits per heavy atom. The quantitative estimate of drug-likeness (QED) is 0.897. The van der Waals surface area contributed by atoms with Crippen molar-refractivity contribution in [3.05, 3.63) is 34.9 Å². The van der Waals surface area contributed by atoms with E-state index < -0.39 is 0 Å². The minimum absolute atomic E-state index is 0.0215. The number of hydrogen-bond donors (Lipinski definition) is 2. The second kappa shape index (κ2) is 5.71. The molecule has 0 radical (unpaired) electrons. The van der Waals surface area contributed by atoms with Gasteiger partial charge in [0.2, 0.25) is 0 Å². The van der Waals surface area contributed by atoms with Gasteiger partial charge in [-0.15, -0.1) is 0 Å². The van der Waals surface area contributed by atoms with Crippen LogP contribution in [-0.4, -0.2) is 31.9 Å². The summed E-state index contributed by atoms with van der Waals surface area (Å²) in [5.41, 5.74) is 3.89. The Labute approximate surface area is 123 Å². The van der Waals surface area contributed by atoms with Crippen LogP contribution in [0.4, 0.5) is 0 Å². The number of rotatable bonds is 4. The van der Waals surface area contributed by atoms with Crippen LogP contribution in [0.25, 0.3) is 0 Å². The van der Waals surface area contributed by atoms with E-state index in [1.54, 1.807) is 0 Å². The smallest absolute Gasteiger partial charge is 0.254 e. The van der Waals surface area contributed by atoms with Crippen LogP contribution in [0.2, 0.25) is 0 Å². The molecule has 0 aromatic carbocycles. The van der Waals surface area contributed by atoms with Gasteiger partial charge in [-0.25, -0.2) is 0 Å². The Kier molecular flexibility index (Phi) is 3.77. The van der Waals surface area contributed by atoms with Crippen molar-refractivity contribution in [2.75, 3.05) is 0 Å². The normalized spacial score (nSPS) is 17.5. The number of aromatic nitrogens is 4. The Bertz CT molecular complexity index is 642. The molecule has 2 heterocycles. The molecule has 1 amide bonds. The minimum atomic E-state index is -0.0215. The number of hydrogen-bond acceptors (Lipinski definition) is 3.